The van der Waals surface area contributed by atoms with Crippen LogP contribution in [0.5, 0.6) is 11.5 Å². The summed E-state index contributed by atoms with van der Waals surface area (Å²) in [5.74, 6) is 1.18. The number of rotatable bonds is 6. The summed E-state index contributed by atoms with van der Waals surface area (Å²) in [6.07, 6.45) is -0.176. The Labute approximate surface area is 264 Å². The highest BCUT2D eigenvalue weighted by atomic mass is 35.5. The van der Waals surface area contributed by atoms with Crippen LogP contribution in [0.4, 0.5) is 4.79 Å². The lowest BCUT2D eigenvalue weighted by atomic mass is 9.93. The number of hydrogen-bond donors (Lipinski definition) is 1. The van der Waals surface area contributed by atoms with Crippen LogP contribution in [0.2, 0.25) is 20.1 Å². The van der Waals surface area contributed by atoms with Crippen molar-refractivity contribution in [2.75, 3.05) is 26.7 Å². The summed E-state index contributed by atoms with van der Waals surface area (Å²) < 4.78 is 11.6. The molecule has 2 aliphatic rings. The van der Waals surface area contributed by atoms with E-state index in [1.807, 2.05) is 32.0 Å². The maximum Gasteiger partial charge on any atom is 0.326 e. The van der Waals surface area contributed by atoms with E-state index in [1.54, 1.807) is 48.4 Å². The molecule has 1 saturated heterocycles. The smallest absolute Gasteiger partial charge is 0.326 e. The maximum absolute atomic E-state index is 14.4. The number of aliphatic imine (C=N–C) groups is 1. The number of ether oxygens (including phenoxy) is 2. The molecule has 1 fully saturated rings. The van der Waals surface area contributed by atoms with Gasteiger partial charge in [0.1, 0.15) is 29.9 Å². The fourth-order valence-corrected chi connectivity index (χ4v) is 5.66. The summed E-state index contributed by atoms with van der Waals surface area (Å²) in [7, 11) is 1.57. The molecule has 2 heterocycles. The highest BCUT2D eigenvalue weighted by molar-refractivity contribution is 6.42. The van der Waals surface area contributed by atoms with Crippen molar-refractivity contribution in [3.8, 4) is 11.5 Å². The summed E-state index contributed by atoms with van der Waals surface area (Å²) in [5.41, 5.74) is 1.99. The van der Waals surface area contributed by atoms with Crippen molar-refractivity contribution in [1.29, 1.82) is 0 Å². The van der Waals surface area contributed by atoms with E-state index in [0.29, 0.717) is 61.6 Å². The summed E-state index contributed by atoms with van der Waals surface area (Å²) in [6, 6.07) is 14.1. The van der Waals surface area contributed by atoms with Crippen LogP contribution >= 0.6 is 46.4 Å². The van der Waals surface area contributed by atoms with Crippen LogP contribution in [0.3, 0.4) is 0 Å². The molecule has 3 amide bonds. The van der Waals surface area contributed by atoms with Gasteiger partial charge in [0, 0.05) is 19.2 Å². The lowest BCUT2D eigenvalue weighted by molar-refractivity contribution is -0.123. The van der Waals surface area contributed by atoms with E-state index in [-0.39, 0.29) is 18.6 Å². The van der Waals surface area contributed by atoms with Crippen molar-refractivity contribution in [3.63, 3.8) is 0 Å². The number of urea groups is 1. The number of piperazine rings is 1. The molecule has 12 heteroatoms. The second kappa shape index (κ2) is 12.6. The average molecular weight is 650 g/mol. The van der Waals surface area contributed by atoms with E-state index in [4.69, 9.17) is 60.9 Å². The first-order chi connectivity index (χ1) is 20.1. The molecule has 2 aliphatic heterocycles. The van der Waals surface area contributed by atoms with Crippen molar-refractivity contribution in [2.24, 2.45) is 4.99 Å². The first-order valence-electron chi connectivity index (χ1n) is 13.2. The van der Waals surface area contributed by atoms with E-state index in [0.717, 1.165) is 5.56 Å². The molecule has 3 aromatic carbocycles. The van der Waals surface area contributed by atoms with Gasteiger partial charge < -0.3 is 19.7 Å². The molecule has 3 aromatic rings. The average Bonchev–Trinajstić information content (AvgIpc) is 3.35. The van der Waals surface area contributed by atoms with Crippen LogP contribution in [0.25, 0.3) is 0 Å². The second-order valence-electron chi connectivity index (χ2n) is 10.1. The zero-order valence-electron chi connectivity index (χ0n) is 23.0. The molecule has 5 rings (SSSR count). The minimum Gasteiger partial charge on any atom is -0.497 e. The SMILES string of the molecule is COc1ccc(C2=N[C@H](c3ccc(Cl)c(Cl)c3)[C@@H](c3ccc(Cl)c(Cl)c3)N2C(=O)N2CCNC(=O)C2)c(OC(C)C)c1. The number of hydrogen-bond acceptors (Lipinski definition) is 5. The molecule has 0 aromatic heterocycles. The molecule has 0 aliphatic carbocycles. The molecule has 0 saturated carbocycles. The molecule has 42 heavy (non-hydrogen) atoms. The Bertz CT molecular complexity index is 1560. The molecular formula is C30H28Cl4N4O4. The second-order valence-corrected chi connectivity index (χ2v) is 11.8. The van der Waals surface area contributed by atoms with Crippen molar-refractivity contribution in [2.45, 2.75) is 32.0 Å². The van der Waals surface area contributed by atoms with E-state index in [2.05, 4.69) is 5.32 Å². The molecule has 8 nitrogen and oxygen atoms in total. The number of nitrogens with zero attached hydrogens (tertiary/aromatic N) is 3. The van der Waals surface area contributed by atoms with Gasteiger partial charge in [0.05, 0.1) is 44.9 Å². The fraction of sp³-hybridized carbons (Fsp3) is 0.300. The number of amides is 3. The standard InChI is InChI=1S/C30H28Cl4N4O4/c1-16(2)42-25-14-19(41-3)6-7-20(25)29-36-27(17-4-8-21(31)23(33)12-17)28(18-5-9-22(32)24(34)13-18)38(29)30(40)37-11-10-35-26(39)15-37/h4-9,12-14,16,27-28H,10-11,15H2,1-3H3,(H,35,39)/t27-,28-/m1/s1. The molecule has 220 valence electrons. The van der Waals surface area contributed by atoms with Gasteiger partial charge in [-0.15, -0.1) is 0 Å². The Morgan fingerprint density at radius 3 is 2.24 bits per heavy atom. The Morgan fingerprint density at radius 1 is 0.952 bits per heavy atom. The monoisotopic (exact) mass is 648 g/mol. The predicted molar refractivity (Wildman–Crippen MR) is 166 cm³/mol. The van der Waals surface area contributed by atoms with Crippen molar-refractivity contribution >= 4 is 64.2 Å². The molecular weight excluding hydrogens is 622 g/mol. The van der Waals surface area contributed by atoms with Gasteiger partial charge in [-0.3, -0.25) is 14.7 Å². The van der Waals surface area contributed by atoms with Crippen LogP contribution in [0, 0.1) is 0 Å². The van der Waals surface area contributed by atoms with Gasteiger partial charge in [-0.05, 0) is 61.4 Å². The maximum atomic E-state index is 14.4. The van der Waals surface area contributed by atoms with Crippen molar-refractivity contribution in [1.82, 2.24) is 15.1 Å². The number of halogens is 4. The van der Waals surface area contributed by atoms with Crippen LogP contribution in [-0.2, 0) is 4.79 Å². The summed E-state index contributed by atoms with van der Waals surface area (Å²) >= 11 is 25.5. The zero-order valence-corrected chi connectivity index (χ0v) is 26.1. The molecule has 0 spiro atoms. The van der Waals surface area contributed by atoms with Crippen LogP contribution in [0.1, 0.15) is 42.6 Å². The Morgan fingerprint density at radius 2 is 1.62 bits per heavy atom. The fourth-order valence-electron chi connectivity index (χ4n) is 5.05. The van der Waals surface area contributed by atoms with Gasteiger partial charge in [0.25, 0.3) is 0 Å². The highest BCUT2D eigenvalue weighted by Gasteiger charge is 2.45. The minimum atomic E-state index is -0.682. The third-order valence-corrected chi connectivity index (χ3v) is 8.42. The first kappa shape index (κ1) is 30.3. The third kappa shape index (κ3) is 6.13. The normalized spacial score (nSPS) is 18.7. The van der Waals surface area contributed by atoms with Gasteiger partial charge in [-0.1, -0.05) is 58.5 Å². The van der Waals surface area contributed by atoms with Crippen molar-refractivity contribution in [3.05, 3.63) is 91.4 Å². The Kier molecular flexibility index (Phi) is 9.08. The summed E-state index contributed by atoms with van der Waals surface area (Å²) in [5, 5.41) is 4.22. The largest absolute Gasteiger partial charge is 0.497 e. The quantitative estimate of drug-likeness (QED) is 0.306. The molecule has 0 unspecified atom stereocenters. The predicted octanol–water partition coefficient (Wildman–Crippen LogP) is 7.19. The molecule has 1 N–H and O–H groups in total. The summed E-state index contributed by atoms with van der Waals surface area (Å²) in [6.45, 7) is 4.39. The van der Waals surface area contributed by atoms with E-state index in [1.165, 1.54) is 4.90 Å². The van der Waals surface area contributed by atoms with Crippen LogP contribution in [-0.4, -0.2) is 60.4 Å². The number of amidine groups is 1. The Hall–Kier alpha value is -3.17. The van der Waals surface area contributed by atoms with Crippen LogP contribution in [0.15, 0.2) is 59.6 Å². The number of carbonyl (C=O) groups is 2. The number of methoxy groups -OCH3 is 1. The lowest BCUT2D eigenvalue weighted by Crippen LogP contribution is -2.55. The third-order valence-electron chi connectivity index (χ3n) is 6.94. The molecule has 2 atom stereocenters. The lowest BCUT2D eigenvalue weighted by Gasteiger charge is -2.36. The van der Waals surface area contributed by atoms with Crippen molar-refractivity contribution < 1.29 is 19.1 Å². The van der Waals surface area contributed by atoms with Gasteiger partial charge >= 0.3 is 6.03 Å². The van der Waals surface area contributed by atoms with Gasteiger partial charge in [0.2, 0.25) is 5.91 Å². The van der Waals surface area contributed by atoms with Crippen LogP contribution < -0.4 is 14.8 Å². The first-order valence-corrected chi connectivity index (χ1v) is 14.8. The van der Waals surface area contributed by atoms with Gasteiger partial charge in [-0.2, -0.15) is 0 Å². The van der Waals surface area contributed by atoms with E-state index in [9.17, 15) is 9.59 Å². The van der Waals surface area contributed by atoms with E-state index < -0.39 is 18.1 Å². The van der Waals surface area contributed by atoms with Gasteiger partial charge in [0.15, 0.2) is 0 Å². The number of carbonyl (C=O) groups excluding carboxylic acids is 2. The number of nitrogens with one attached hydrogen (secondary N) is 1. The minimum absolute atomic E-state index is 0.0912. The molecule has 0 radical (unpaired) electrons. The topological polar surface area (TPSA) is 83.5 Å². The molecule has 0 bridgehead atoms. The Balaban J connectivity index is 1.74. The van der Waals surface area contributed by atoms with E-state index >= 15 is 0 Å². The highest BCUT2D eigenvalue weighted by Crippen LogP contribution is 2.47. The number of benzene rings is 3. The summed E-state index contributed by atoms with van der Waals surface area (Å²) in [4.78, 5) is 35.0. The van der Waals surface area contributed by atoms with Gasteiger partial charge in [-0.25, -0.2) is 4.79 Å². The zero-order chi connectivity index (χ0) is 30.1.